The van der Waals surface area contributed by atoms with Crippen LogP contribution in [0.4, 0.5) is 4.39 Å². The molecule has 1 aromatic carbocycles. The largest absolute Gasteiger partial charge is 0.496 e. The molecule has 0 N–H and O–H groups in total. The summed E-state index contributed by atoms with van der Waals surface area (Å²) in [5.41, 5.74) is 0.150. The van der Waals surface area contributed by atoms with Crippen molar-refractivity contribution in [2.75, 3.05) is 7.11 Å². The van der Waals surface area contributed by atoms with E-state index in [1.165, 1.54) is 27.9 Å². The van der Waals surface area contributed by atoms with Crippen molar-refractivity contribution in [3.63, 3.8) is 0 Å². The molecule has 1 aromatic rings. The molecule has 1 rings (SSSR count). The Bertz CT molecular complexity index is 417. The van der Waals surface area contributed by atoms with Gasteiger partial charge in [-0.25, -0.2) is 4.39 Å². The van der Waals surface area contributed by atoms with Gasteiger partial charge in [0.25, 0.3) is 0 Å². The lowest BCUT2D eigenvalue weighted by Crippen LogP contribution is -2.14. The van der Waals surface area contributed by atoms with Crippen LogP contribution in [-0.4, -0.2) is 12.9 Å². The van der Waals surface area contributed by atoms with E-state index >= 15 is 0 Å². The molecule has 0 radical (unpaired) electrons. The summed E-state index contributed by atoms with van der Waals surface area (Å²) in [5.74, 6) is 0.237. The zero-order chi connectivity index (χ0) is 12.5. The van der Waals surface area contributed by atoms with Crippen LogP contribution >= 0.6 is 0 Å². The molecule has 0 aromatic heterocycles. The molecule has 3 heteroatoms. The van der Waals surface area contributed by atoms with Gasteiger partial charge in [-0.3, -0.25) is 4.79 Å². The monoisotopic (exact) mass is 224 g/mol. The number of methoxy groups -OCH3 is 1. The molecule has 0 saturated heterocycles. The van der Waals surface area contributed by atoms with Gasteiger partial charge in [0.15, 0.2) is 5.78 Å². The normalized spacial score (nSPS) is 11.4. The Morgan fingerprint density at radius 2 is 1.94 bits per heavy atom. The van der Waals surface area contributed by atoms with E-state index in [4.69, 9.17) is 4.74 Å². The van der Waals surface area contributed by atoms with Gasteiger partial charge in [-0.2, -0.15) is 0 Å². The molecule has 0 bridgehead atoms. The summed E-state index contributed by atoms with van der Waals surface area (Å²) in [6, 6.07) is 3.41. The first-order valence-corrected chi connectivity index (χ1v) is 5.17. The lowest BCUT2D eigenvalue weighted by atomic mass is 9.92. The number of ether oxygens (including phenoxy) is 1. The number of carbonyl (C=O) groups excluding carboxylic acids is 1. The number of ketones is 1. The lowest BCUT2D eigenvalue weighted by Gasteiger charge is -2.21. The minimum Gasteiger partial charge on any atom is -0.496 e. The number of Topliss-reactive ketones (excluding diaryl/α,β-unsaturated/α-hetero) is 1. The van der Waals surface area contributed by atoms with Crippen molar-refractivity contribution in [3.05, 3.63) is 28.8 Å². The second kappa shape index (κ2) is 4.24. The van der Waals surface area contributed by atoms with E-state index in [9.17, 15) is 9.18 Å². The first-order valence-electron chi connectivity index (χ1n) is 5.17. The van der Waals surface area contributed by atoms with Crippen molar-refractivity contribution < 1.29 is 13.9 Å². The van der Waals surface area contributed by atoms with Crippen molar-refractivity contribution in [1.82, 2.24) is 0 Å². The second-order valence-corrected chi connectivity index (χ2v) is 4.37. The molecular formula is C13H17FO2. The minimum absolute atomic E-state index is 0.111. The molecule has 0 heterocycles. The summed E-state index contributed by atoms with van der Waals surface area (Å²) in [6.45, 7) is 6.17. The Kier molecular flexibility index (Phi) is 3.36. The summed E-state index contributed by atoms with van der Waals surface area (Å²) >= 11 is 0. The number of rotatable bonds is 3. The van der Waals surface area contributed by atoms with Crippen LogP contribution in [0.25, 0.3) is 0 Å². The molecule has 16 heavy (non-hydrogen) atoms. The molecule has 0 fully saturated rings. The maximum absolute atomic E-state index is 14.0. The van der Waals surface area contributed by atoms with E-state index in [0.717, 1.165) is 5.56 Å². The summed E-state index contributed by atoms with van der Waals surface area (Å²) in [4.78, 5) is 11.5. The molecule has 0 aliphatic rings. The van der Waals surface area contributed by atoms with Crippen LogP contribution in [0.1, 0.15) is 42.3 Å². The first-order chi connectivity index (χ1) is 7.29. The summed E-state index contributed by atoms with van der Waals surface area (Å²) in [7, 11) is 1.45. The van der Waals surface area contributed by atoms with Crippen LogP contribution in [0.15, 0.2) is 12.1 Å². The average molecular weight is 224 g/mol. The molecule has 0 atom stereocenters. The highest BCUT2D eigenvalue weighted by Gasteiger charge is 2.27. The third kappa shape index (κ3) is 2.23. The molecule has 0 spiro atoms. The molecule has 0 aliphatic carbocycles. The molecule has 0 unspecified atom stereocenters. The van der Waals surface area contributed by atoms with Crippen LogP contribution in [0.3, 0.4) is 0 Å². The number of aryl methyl sites for hydroxylation is 1. The van der Waals surface area contributed by atoms with E-state index in [-0.39, 0.29) is 5.78 Å². The maximum Gasteiger partial charge on any atom is 0.163 e. The summed E-state index contributed by atoms with van der Waals surface area (Å²) in [6.07, 6.45) is 0. The number of benzene rings is 1. The van der Waals surface area contributed by atoms with Crippen LogP contribution in [0, 0.1) is 6.92 Å². The third-order valence-electron chi connectivity index (χ3n) is 2.56. The highest BCUT2D eigenvalue weighted by molar-refractivity contribution is 5.98. The van der Waals surface area contributed by atoms with Crippen molar-refractivity contribution in [3.8, 4) is 5.75 Å². The second-order valence-electron chi connectivity index (χ2n) is 4.37. The predicted octanol–water partition coefficient (Wildman–Crippen LogP) is 3.41. The number of halogens is 1. The molecule has 0 amide bonds. The Morgan fingerprint density at radius 1 is 1.38 bits per heavy atom. The Hall–Kier alpha value is -1.38. The van der Waals surface area contributed by atoms with Gasteiger partial charge in [0.1, 0.15) is 11.4 Å². The lowest BCUT2D eigenvalue weighted by molar-refractivity contribution is 0.101. The molecular weight excluding hydrogens is 207 g/mol. The van der Waals surface area contributed by atoms with E-state index < -0.39 is 5.67 Å². The predicted molar refractivity (Wildman–Crippen MR) is 61.9 cm³/mol. The minimum atomic E-state index is -1.52. The van der Waals surface area contributed by atoms with Gasteiger partial charge in [0.2, 0.25) is 0 Å². The number of alkyl halides is 1. The Labute approximate surface area is 95.4 Å². The van der Waals surface area contributed by atoms with Crippen molar-refractivity contribution in [2.24, 2.45) is 0 Å². The number of hydrogen-bond acceptors (Lipinski definition) is 2. The zero-order valence-corrected chi connectivity index (χ0v) is 10.3. The van der Waals surface area contributed by atoms with E-state index in [0.29, 0.717) is 16.9 Å². The SMILES string of the molecule is COc1c(C(C)(C)F)ccc(C)c1C(C)=O. The quantitative estimate of drug-likeness (QED) is 0.735. The smallest absolute Gasteiger partial charge is 0.163 e. The summed E-state index contributed by atoms with van der Waals surface area (Å²) in [5, 5.41) is 0. The fourth-order valence-corrected chi connectivity index (χ4v) is 1.80. The standard InChI is InChI=1S/C13H17FO2/c1-8-6-7-10(13(3,4)14)12(16-5)11(8)9(2)15/h6-7H,1-5H3. The first kappa shape index (κ1) is 12.7. The van der Waals surface area contributed by atoms with Crippen LogP contribution in [-0.2, 0) is 5.67 Å². The van der Waals surface area contributed by atoms with Gasteiger partial charge in [-0.05, 0) is 33.3 Å². The highest BCUT2D eigenvalue weighted by Crippen LogP contribution is 2.36. The van der Waals surface area contributed by atoms with E-state index in [1.54, 1.807) is 12.1 Å². The maximum atomic E-state index is 14.0. The molecule has 2 nitrogen and oxygen atoms in total. The fourth-order valence-electron chi connectivity index (χ4n) is 1.80. The zero-order valence-electron chi connectivity index (χ0n) is 10.3. The van der Waals surface area contributed by atoms with Crippen LogP contribution in [0.2, 0.25) is 0 Å². The summed E-state index contributed by atoms with van der Waals surface area (Å²) < 4.78 is 19.1. The van der Waals surface area contributed by atoms with E-state index in [1.807, 2.05) is 6.92 Å². The molecule has 0 saturated carbocycles. The van der Waals surface area contributed by atoms with E-state index in [2.05, 4.69) is 0 Å². The fraction of sp³-hybridized carbons (Fsp3) is 0.462. The van der Waals surface area contributed by atoms with Crippen LogP contribution < -0.4 is 4.74 Å². The van der Waals surface area contributed by atoms with Gasteiger partial charge in [-0.1, -0.05) is 12.1 Å². The van der Waals surface area contributed by atoms with Crippen LogP contribution in [0.5, 0.6) is 5.75 Å². The third-order valence-corrected chi connectivity index (χ3v) is 2.56. The van der Waals surface area contributed by atoms with Gasteiger partial charge in [0, 0.05) is 5.56 Å². The number of carbonyl (C=O) groups is 1. The topological polar surface area (TPSA) is 26.3 Å². The van der Waals surface area contributed by atoms with Crippen molar-refractivity contribution in [2.45, 2.75) is 33.4 Å². The Balaban J connectivity index is 3.56. The van der Waals surface area contributed by atoms with Gasteiger partial charge < -0.3 is 4.74 Å². The van der Waals surface area contributed by atoms with Crippen molar-refractivity contribution in [1.29, 1.82) is 0 Å². The average Bonchev–Trinajstić information content (AvgIpc) is 2.14. The number of hydrogen-bond donors (Lipinski definition) is 0. The van der Waals surface area contributed by atoms with Gasteiger partial charge in [0.05, 0.1) is 12.7 Å². The van der Waals surface area contributed by atoms with Crippen molar-refractivity contribution >= 4 is 5.78 Å². The Morgan fingerprint density at radius 3 is 2.31 bits per heavy atom. The van der Waals surface area contributed by atoms with Gasteiger partial charge in [-0.15, -0.1) is 0 Å². The molecule has 88 valence electrons. The highest BCUT2D eigenvalue weighted by atomic mass is 19.1. The molecule has 0 aliphatic heterocycles. The van der Waals surface area contributed by atoms with Gasteiger partial charge >= 0.3 is 0 Å².